The Morgan fingerprint density at radius 2 is 1.79 bits per heavy atom. The van der Waals surface area contributed by atoms with Gasteiger partial charge < -0.3 is 5.32 Å². The standard InChI is InChI=1S/C22H26N2/c1-17-10-11-19-15-22(12-6-3-7-13-22)21(24-20(19)14-17)23-16-18-8-4-2-5-9-18/h2,4-5,8-11,14H,3,6-7,12-13,15-16H2,1H3,(H,23,24). The third-order valence-electron chi connectivity index (χ3n) is 5.62. The second-order valence-corrected chi connectivity index (χ2v) is 7.45. The number of amidine groups is 1. The van der Waals surface area contributed by atoms with Crippen LogP contribution >= 0.6 is 0 Å². The molecule has 0 atom stereocenters. The largest absolute Gasteiger partial charge is 0.343 e. The monoisotopic (exact) mass is 318 g/mol. The number of benzene rings is 2. The Hall–Kier alpha value is -2.09. The normalized spacial score (nSPS) is 20.6. The third-order valence-corrected chi connectivity index (χ3v) is 5.62. The minimum absolute atomic E-state index is 0.231. The number of nitrogens with one attached hydrogen (secondary N) is 1. The van der Waals surface area contributed by atoms with Crippen molar-refractivity contribution in [2.45, 2.75) is 52.0 Å². The van der Waals surface area contributed by atoms with Gasteiger partial charge in [-0.05, 0) is 48.9 Å². The van der Waals surface area contributed by atoms with Crippen molar-refractivity contribution >= 4 is 11.5 Å². The summed E-state index contributed by atoms with van der Waals surface area (Å²) in [5.41, 5.74) is 5.55. The predicted octanol–water partition coefficient (Wildman–Crippen LogP) is 5.51. The lowest BCUT2D eigenvalue weighted by molar-refractivity contribution is 0.278. The molecule has 124 valence electrons. The molecule has 1 aliphatic heterocycles. The molecule has 0 aromatic heterocycles. The van der Waals surface area contributed by atoms with Crippen molar-refractivity contribution in [2.75, 3.05) is 5.32 Å². The molecule has 2 aromatic carbocycles. The molecule has 2 heteroatoms. The molecule has 2 aromatic rings. The zero-order valence-electron chi connectivity index (χ0n) is 14.5. The van der Waals surface area contributed by atoms with E-state index < -0.39 is 0 Å². The minimum Gasteiger partial charge on any atom is -0.343 e. The highest BCUT2D eigenvalue weighted by atomic mass is 15.0. The van der Waals surface area contributed by atoms with Crippen LogP contribution in [-0.2, 0) is 13.0 Å². The first-order chi connectivity index (χ1) is 11.8. The van der Waals surface area contributed by atoms with Gasteiger partial charge in [0.2, 0.25) is 0 Å². The SMILES string of the molecule is Cc1ccc2c(c1)NC(=NCc1ccccc1)C1(CCCCC1)C2. The lowest BCUT2D eigenvalue weighted by Crippen LogP contribution is -2.43. The first-order valence-corrected chi connectivity index (χ1v) is 9.21. The fourth-order valence-corrected chi connectivity index (χ4v) is 4.27. The Bertz CT molecular complexity index is 740. The summed E-state index contributed by atoms with van der Waals surface area (Å²) in [6.07, 6.45) is 7.69. The molecule has 2 nitrogen and oxygen atoms in total. The molecule has 24 heavy (non-hydrogen) atoms. The van der Waals surface area contributed by atoms with Crippen LogP contribution in [0.15, 0.2) is 53.5 Å². The van der Waals surface area contributed by atoms with Crippen LogP contribution in [0.4, 0.5) is 5.69 Å². The van der Waals surface area contributed by atoms with Crippen LogP contribution in [0.25, 0.3) is 0 Å². The second kappa shape index (κ2) is 6.43. The van der Waals surface area contributed by atoms with Crippen LogP contribution < -0.4 is 5.32 Å². The number of nitrogens with zero attached hydrogens (tertiary/aromatic N) is 1. The first-order valence-electron chi connectivity index (χ1n) is 9.21. The fourth-order valence-electron chi connectivity index (χ4n) is 4.27. The highest BCUT2D eigenvalue weighted by molar-refractivity contribution is 6.02. The highest BCUT2D eigenvalue weighted by Gasteiger charge is 2.40. The van der Waals surface area contributed by atoms with Crippen LogP contribution in [-0.4, -0.2) is 5.84 Å². The lowest BCUT2D eigenvalue weighted by atomic mass is 9.67. The van der Waals surface area contributed by atoms with Crippen molar-refractivity contribution in [3.05, 3.63) is 65.2 Å². The predicted molar refractivity (Wildman–Crippen MR) is 102 cm³/mol. The van der Waals surface area contributed by atoms with Crippen molar-refractivity contribution < 1.29 is 0 Å². The van der Waals surface area contributed by atoms with Crippen LogP contribution in [0, 0.1) is 12.3 Å². The van der Waals surface area contributed by atoms with Gasteiger partial charge in [0.1, 0.15) is 5.84 Å². The van der Waals surface area contributed by atoms with Gasteiger partial charge in [0.05, 0.1) is 6.54 Å². The average molecular weight is 318 g/mol. The molecule has 1 N–H and O–H groups in total. The van der Waals surface area contributed by atoms with Gasteiger partial charge in [0.15, 0.2) is 0 Å². The smallest absolute Gasteiger partial charge is 0.108 e. The maximum atomic E-state index is 5.06. The zero-order valence-corrected chi connectivity index (χ0v) is 14.5. The van der Waals surface area contributed by atoms with Gasteiger partial charge in [-0.3, -0.25) is 4.99 Å². The topological polar surface area (TPSA) is 24.4 Å². The van der Waals surface area contributed by atoms with E-state index in [2.05, 4.69) is 60.8 Å². The quantitative estimate of drug-likeness (QED) is 0.775. The van der Waals surface area contributed by atoms with Crippen molar-refractivity contribution in [1.82, 2.24) is 0 Å². The molecule has 1 aliphatic carbocycles. The highest BCUT2D eigenvalue weighted by Crippen LogP contribution is 2.45. The van der Waals surface area contributed by atoms with Gasteiger partial charge in [0, 0.05) is 11.1 Å². The molecule has 1 spiro atoms. The van der Waals surface area contributed by atoms with Crippen LogP contribution in [0.2, 0.25) is 0 Å². The van der Waals surface area contributed by atoms with Crippen molar-refractivity contribution in [3.63, 3.8) is 0 Å². The van der Waals surface area contributed by atoms with E-state index in [-0.39, 0.29) is 5.41 Å². The van der Waals surface area contributed by atoms with E-state index in [0.29, 0.717) is 0 Å². The van der Waals surface area contributed by atoms with Crippen LogP contribution in [0.5, 0.6) is 0 Å². The lowest BCUT2D eigenvalue weighted by Gasteiger charge is -2.42. The maximum absolute atomic E-state index is 5.06. The molecule has 0 saturated heterocycles. The number of hydrogen-bond acceptors (Lipinski definition) is 1. The molecule has 1 saturated carbocycles. The molecule has 1 fully saturated rings. The Kier molecular flexibility index (Phi) is 4.13. The van der Waals surface area contributed by atoms with Gasteiger partial charge in [-0.25, -0.2) is 0 Å². The number of aliphatic imine (C=N–C) groups is 1. The molecular formula is C22H26N2. The van der Waals surface area contributed by atoms with Gasteiger partial charge >= 0.3 is 0 Å². The molecule has 4 rings (SSSR count). The molecule has 2 aliphatic rings. The minimum atomic E-state index is 0.231. The maximum Gasteiger partial charge on any atom is 0.108 e. The van der Waals surface area contributed by atoms with Crippen LogP contribution in [0.3, 0.4) is 0 Å². The number of fused-ring (bicyclic) bond motifs is 1. The summed E-state index contributed by atoms with van der Waals surface area (Å²) in [7, 11) is 0. The van der Waals surface area contributed by atoms with Crippen molar-refractivity contribution in [1.29, 1.82) is 0 Å². The summed E-state index contributed by atoms with van der Waals surface area (Å²) in [4.78, 5) is 5.06. The molecule has 0 amide bonds. The first kappa shape index (κ1) is 15.4. The number of anilines is 1. The summed E-state index contributed by atoms with van der Waals surface area (Å²) in [6.45, 7) is 2.93. The van der Waals surface area contributed by atoms with E-state index in [1.54, 1.807) is 0 Å². The zero-order chi connectivity index (χ0) is 16.4. The second-order valence-electron chi connectivity index (χ2n) is 7.45. The van der Waals surface area contributed by atoms with Crippen molar-refractivity contribution in [3.8, 4) is 0 Å². The molecular weight excluding hydrogens is 292 g/mol. The van der Waals surface area contributed by atoms with E-state index in [1.165, 1.54) is 60.3 Å². The summed E-state index contributed by atoms with van der Waals surface area (Å²) < 4.78 is 0. The van der Waals surface area contributed by atoms with E-state index in [9.17, 15) is 0 Å². The van der Waals surface area contributed by atoms with Gasteiger partial charge in [-0.2, -0.15) is 0 Å². The van der Waals surface area contributed by atoms with Gasteiger partial charge in [-0.1, -0.05) is 61.7 Å². The van der Waals surface area contributed by atoms with E-state index in [1.807, 2.05) is 0 Å². The fraction of sp³-hybridized carbons (Fsp3) is 0.409. The van der Waals surface area contributed by atoms with E-state index >= 15 is 0 Å². The molecule has 0 unspecified atom stereocenters. The average Bonchev–Trinajstić information content (AvgIpc) is 2.62. The van der Waals surface area contributed by atoms with E-state index in [4.69, 9.17) is 4.99 Å². The van der Waals surface area contributed by atoms with Gasteiger partial charge in [-0.15, -0.1) is 0 Å². The van der Waals surface area contributed by atoms with E-state index in [0.717, 1.165) is 13.0 Å². The summed E-state index contributed by atoms with van der Waals surface area (Å²) in [5.74, 6) is 1.23. The Morgan fingerprint density at radius 1 is 1.00 bits per heavy atom. The molecule has 0 bridgehead atoms. The summed E-state index contributed by atoms with van der Waals surface area (Å²) >= 11 is 0. The Balaban J connectivity index is 1.68. The third kappa shape index (κ3) is 2.98. The van der Waals surface area contributed by atoms with Crippen LogP contribution in [0.1, 0.15) is 48.8 Å². The Labute approximate surface area is 145 Å². The Morgan fingerprint density at radius 3 is 2.58 bits per heavy atom. The van der Waals surface area contributed by atoms with Gasteiger partial charge in [0.25, 0.3) is 0 Å². The molecule has 1 heterocycles. The number of rotatable bonds is 2. The number of aryl methyl sites for hydroxylation is 1. The van der Waals surface area contributed by atoms with Crippen molar-refractivity contribution in [2.24, 2.45) is 10.4 Å². The molecule has 0 radical (unpaired) electrons. The summed E-state index contributed by atoms with van der Waals surface area (Å²) in [5, 5.41) is 3.72. The number of hydrogen-bond donors (Lipinski definition) is 1. The summed E-state index contributed by atoms with van der Waals surface area (Å²) in [6, 6.07) is 17.4.